The van der Waals surface area contributed by atoms with Crippen LogP contribution < -0.4 is 14.8 Å². The van der Waals surface area contributed by atoms with Crippen LogP contribution in [0, 0.1) is 0 Å². The van der Waals surface area contributed by atoms with E-state index in [-0.39, 0.29) is 11.9 Å². The molecule has 24 heavy (non-hydrogen) atoms. The summed E-state index contributed by atoms with van der Waals surface area (Å²) in [6.07, 6.45) is 4.44. The molecule has 1 aromatic carbocycles. The second-order valence-corrected chi connectivity index (χ2v) is 5.69. The molecule has 1 aliphatic rings. The number of anilines is 1. The average molecular weight is 327 g/mol. The fourth-order valence-electron chi connectivity index (χ4n) is 2.90. The Hall–Kier alpha value is -2.76. The monoisotopic (exact) mass is 327 g/mol. The number of benzene rings is 1. The number of rotatable bonds is 5. The van der Waals surface area contributed by atoms with Gasteiger partial charge in [0.1, 0.15) is 0 Å². The van der Waals surface area contributed by atoms with Crippen molar-refractivity contribution in [2.75, 3.05) is 32.6 Å². The maximum atomic E-state index is 12.7. The number of pyridine rings is 1. The van der Waals surface area contributed by atoms with Crippen molar-refractivity contribution in [1.29, 1.82) is 0 Å². The summed E-state index contributed by atoms with van der Waals surface area (Å²) in [6.45, 7) is 1.40. The molecule has 1 aromatic heterocycles. The van der Waals surface area contributed by atoms with E-state index in [9.17, 15) is 4.79 Å². The van der Waals surface area contributed by atoms with Crippen LogP contribution in [0.15, 0.2) is 42.7 Å². The van der Waals surface area contributed by atoms with Crippen molar-refractivity contribution in [1.82, 2.24) is 9.88 Å². The normalized spacial score (nSPS) is 16.8. The summed E-state index contributed by atoms with van der Waals surface area (Å²) >= 11 is 0. The van der Waals surface area contributed by atoms with Gasteiger partial charge in [-0.15, -0.1) is 0 Å². The zero-order valence-corrected chi connectivity index (χ0v) is 13.9. The van der Waals surface area contributed by atoms with Crippen molar-refractivity contribution in [3.63, 3.8) is 0 Å². The summed E-state index contributed by atoms with van der Waals surface area (Å²) in [5, 5.41) is 3.42. The number of hydrogen-bond acceptors (Lipinski definition) is 5. The largest absolute Gasteiger partial charge is 0.493 e. The molecular weight excluding hydrogens is 306 g/mol. The van der Waals surface area contributed by atoms with E-state index in [0.29, 0.717) is 23.6 Å². The minimum absolute atomic E-state index is 0.00596. The fraction of sp³-hybridized carbons (Fsp3) is 0.333. The van der Waals surface area contributed by atoms with Gasteiger partial charge in [-0.05, 0) is 36.8 Å². The molecule has 1 atom stereocenters. The summed E-state index contributed by atoms with van der Waals surface area (Å²) in [7, 11) is 3.14. The lowest BCUT2D eigenvalue weighted by molar-refractivity contribution is 0.0791. The first kappa shape index (κ1) is 16.1. The lowest BCUT2D eigenvalue weighted by atomic mass is 10.1. The first-order valence-corrected chi connectivity index (χ1v) is 7.89. The first-order valence-electron chi connectivity index (χ1n) is 7.89. The van der Waals surface area contributed by atoms with Gasteiger partial charge in [-0.1, -0.05) is 0 Å². The fourth-order valence-corrected chi connectivity index (χ4v) is 2.90. The third-order valence-electron chi connectivity index (χ3n) is 4.14. The molecular formula is C18H21N3O3. The second kappa shape index (κ2) is 7.21. The SMILES string of the molecule is COc1ccc(C(=O)N2CC[C@@H](Nc3cccnc3)C2)cc1OC. The van der Waals surface area contributed by atoms with Gasteiger partial charge in [-0.25, -0.2) is 0 Å². The van der Waals surface area contributed by atoms with E-state index in [1.54, 1.807) is 44.8 Å². The van der Waals surface area contributed by atoms with Crippen LogP contribution in [-0.4, -0.2) is 49.1 Å². The second-order valence-electron chi connectivity index (χ2n) is 5.69. The number of nitrogens with zero attached hydrogens (tertiary/aromatic N) is 2. The molecule has 0 unspecified atom stereocenters. The number of likely N-dealkylation sites (tertiary alicyclic amines) is 1. The van der Waals surface area contributed by atoms with Gasteiger partial charge in [0.25, 0.3) is 5.91 Å². The van der Waals surface area contributed by atoms with Crippen molar-refractivity contribution in [3.8, 4) is 11.5 Å². The Morgan fingerprint density at radius 1 is 1.25 bits per heavy atom. The average Bonchev–Trinajstić information content (AvgIpc) is 3.09. The van der Waals surface area contributed by atoms with Gasteiger partial charge in [0.05, 0.1) is 19.9 Å². The van der Waals surface area contributed by atoms with Crippen LogP contribution in [0.4, 0.5) is 5.69 Å². The number of ether oxygens (including phenoxy) is 2. The molecule has 1 saturated heterocycles. The predicted molar refractivity (Wildman–Crippen MR) is 91.7 cm³/mol. The molecule has 0 bridgehead atoms. The van der Waals surface area contributed by atoms with Crippen molar-refractivity contribution in [2.45, 2.75) is 12.5 Å². The zero-order valence-electron chi connectivity index (χ0n) is 13.9. The third kappa shape index (κ3) is 3.42. The highest BCUT2D eigenvalue weighted by Gasteiger charge is 2.27. The smallest absolute Gasteiger partial charge is 0.254 e. The lowest BCUT2D eigenvalue weighted by Gasteiger charge is -2.18. The standard InChI is InChI=1S/C18H21N3O3/c1-23-16-6-5-13(10-17(16)24-2)18(22)21-9-7-15(12-21)20-14-4-3-8-19-11-14/h3-6,8,10-11,15,20H,7,9,12H2,1-2H3/t15-/m1/s1. The zero-order chi connectivity index (χ0) is 16.9. The van der Waals surface area contributed by atoms with Crippen LogP contribution in [0.25, 0.3) is 0 Å². The first-order chi connectivity index (χ1) is 11.7. The van der Waals surface area contributed by atoms with Crippen LogP contribution in [-0.2, 0) is 0 Å². The van der Waals surface area contributed by atoms with Crippen LogP contribution in [0.3, 0.4) is 0 Å². The Morgan fingerprint density at radius 3 is 2.79 bits per heavy atom. The van der Waals surface area contributed by atoms with E-state index in [2.05, 4.69) is 10.3 Å². The number of amides is 1. The van der Waals surface area contributed by atoms with E-state index in [4.69, 9.17) is 9.47 Å². The Balaban J connectivity index is 1.66. The summed E-state index contributed by atoms with van der Waals surface area (Å²) < 4.78 is 10.5. The Morgan fingerprint density at radius 2 is 2.08 bits per heavy atom. The van der Waals surface area contributed by atoms with Gasteiger partial charge in [0.2, 0.25) is 0 Å². The highest BCUT2D eigenvalue weighted by Crippen LogP contribution is 2.28. The molecule has 1 N–H and O–H groups in total. The van der Waals surface area contributed by atoms with Gasteiger partial charge in [0.15, 0.2) is 11.5 Å². The highest BCUT2D eigenvalue weighted by molar-refractivity contribution is 5.95. The van der Waals surface area contributed by atoms with E-state index in [1.807, 2.05) is 17.0 Å². The van der Waals surface area contributed by atoms with Gasteiger partial charge < -0.3 is 19.7 Å². The molecule has 2 aromatic rings. The molecule has 126 valence electrons. The number of nitrogens with one attached hydrogen (secondary N) is 1. The van der Waals surface area contributed by atoms with Crippen LogP contribution in [0.1, 0.15) is 16.8 Å². The maximum absolute atomic E-state index is 12.7. The molecule has 1 amide bonds. The number of aromatic nitrogens is 1. The summed E-state index contributed by atoms with van der Waals surface area (Å²) in [6, 6.07) is 9.36. The van der Waals surface area contributed by atoms with Crippen molar-refractivity contribution < 1.29 is 14.3 Å². The molecule has 0 spiro atoms. The molecule has 2 heterocycles. The Kier molecular flexibility index (Phi) is 4.84. The molecule has 0 radical (unpaired) electrons. The molecule has 1 fully saturated rings. The molecule has 6 nitrogen and oxygen atoms in total. The number of carbonyl (C=O) groups is 1. The topological polar surface area (TPSA) is 63.7 Å². The summed E-state index contributed by atoms with van der Waals surface area (Å²) in [5.74, 6) is 1.19. The van der Waals surface area contributed by atoms with Crippen molar-refractivity contribution in [2.24, 2.45) is 0 Å². The maximum Gasteiger partial charge on any atom is 0.254 e. The van der Waals surface area contributed by atoms with E-state index >= 15 is 0 Å². The van der Waals surface area contributed by atoms with Gasteiger partial charge >= 0.3 is 0 Å². The Labute approximate surface area is 141 Å². The Bertz CT molecular complexity index is 706. The van der Waals surface area contributed by atoms with E-state index in [1.165, 1.54) is 0 Å². The van der Waals surface area contributed by atoms with Gasteiger partial charge in [0, 0.05) is 37.1 Å². The summed E-state index contributed by atoms with van der Waals surface area (Å²) in [5.41, 5.74) is 1.58. The van der Waals surface area contributed by atoms with Gasteiger partial charge in [-0.2, -0.15) is 0 Å². The van der Waals surface area contributed by atoms with Gasteiger partial charge in [-0.3, -0.25) is 9.78 Å². The van der Waals surface area contributed by atoms with Crippen molar-refractivity contribution >= 4 is 11.6 Å². The van der Waals surface area contributed by atoms with Crippen LogP contribution in [0.2, 0.25) is 0 Å². The number of hydrogen-bond donors (Lipinski definition) is 1. The quantitative estimate of drug-likeness (QED) is 0.914. The predicted octanol–water partition coefficient (Wildman–Crippen LogP) is 2.43. The molecule has 3 rings (SSSR count). The third-order valence-corrected chi connectivity index (χ3v) is 4.14. The summed E-state index contributed by atoms with van der Waals surface area (Å²) in [4.78, 5) is 18.7. The van der Waals surface area contributed by atoms with E-state index < -0.39 is 0 Å². The molecule has 0 aliphatic carbocycles. The highest BCUT2D eigenvalue weighted by atomic mass is 16.5. The minimum Gasteiger partial charge on any atom is -0.493 e. The number of carbonyl (C=O) groups excluding carboxylic acids is 1. The van der Waals surface area contributed by atoms with Crippen LogP contribution in [0.5, 0.6) is 11.5 Å². The minimum atomic E-state index is 0.00596. The van der Waals surface area contributed by atoms with E-state index in [0.717, 1.165) is 18.7 Å². The molecule has 0 saturated carbocycles. The number of methoxy groups -OCH3 is 2. The molecule has 6 heteroatoms. The molecule has 1 aliphatic heterocycles. The van der Waals surface area contributed by atoms with Crippen LogP contribution >= 0.6 is 0 Å². The lowest BCUT2D eigenvalue weighted by Crippen LogP contribution is -2.31. The van der Waals surface area contributed by atoms with Crippen molar-refractivity contribution in [3.05, 3.63) is 48.3 Å².